The van der Waals surface area contributed by atoms with Gasteiger partial charge in [0.05, 0.1) is 13.2 Å². The number of hydrogen-bond acceptors (Lipinski definition) is 4. The van der Waals surface area contributed by atoms with E-state index in [2.05, 4.69) is 5.32 Å². The molecular weight excluding hydrogens is 342 g/mol. The van der Waals surface area contributed by atoms with Crippen LogP contribution in [0.15, 0.2) is 36.4 Å². The van der Waals surface area contributed by atoms with E-state index in [1.807, 2.05) is 64.1 Å². The van der Waals surface area contributed by atoms with E-state index in [0.717, 1.165) is 22.6 Å². The summed E-state index contributed by atoms with van der Waals surface area (Å²) in [5, 5.41) is 3.08. The van der Waals surface area contributed by atoms with Crippen LogP contribution in [0.4, 0.5) is 0 Å². The molecule has 1 aliphatic heterocycles. The molecule has 0 bridgehead atoms. The molecule has 0 saturated heterocycles. The summed E-state index contributed by atoms with van der Waals surface area (Å²) in [5.41, 5.74) is 2.91. The fraction of sp³-hybridized carbons (Fsp3) is 0.409. The van der Waals surface area contributed by atoms with E-state index in [1.54, 1.807) is 7.11 Å². The third-order valence-corrected chi connectivity index (χ3v) is 4.86. The molecule has 1 aliphatic rings. The molecule has 0 radical (unpaired) electrons. The highest BCUT2D eigenvalue weighted by molar-refractivity contribution is 5.78. The molecule has 1 amide bonds. The normalized spacial score (nSPS) is 17.4. The summed E-state index contributed by atoms with van der Waals surface area (Å²) in [6.07, 6.45) is 0.682. The van der Waals surface area contributed by atoms with Gasteiger partial charge in [0, 0.05) is 18.1 Å². The fourth-order valence-electron chi connectivity index (χ4n) is 3.28. The van der Waals surface area contributed by atoms with Crippen molar-refractivity contribution in [3.8, 4) is 17.2 Å². The maximum atomic E-state index is 12.5. The molecular formula is C22H27NO4. The van der Waals surface area contributed by atoms with Gasteiger partial charge < -0.3 is 19.5 Å². The number of methoxy groups -OCH3 is 1. The quantitative estimate of drug-likeness (QED) is 0.862. The Morgan fingerprint density at radius 2 is 1.89 bits per heavy atom. The van der Waals surface area contributed by atoms with E-state index in [9.17, 15) is 4.79 Å². The van der Waals surface area contributed by atoms with Gasteiger partial charge in [0.25, 0.3) is 5.91 Å². The van der Waals surface area contributed by atoms with Crippen LogP contribution >= 0.6 is 0 Å². The van der Waals surface area contributed by atoms with Crippen LogP contribution < -0.4 is 19.5 Å². The van der Waals surface area contributed by atoms with Crippen molar-refractivity contribution in [3.05, 3.63) is 53.1 Å². The zero-order valence-corrected chi connectivity index (χ0v) is 16.6. The minimum absolute atomic E-state index is 0.0220. The number of ether oxygens (including phenoxy) is 3. The number of amides is 1. The predicted molar refractivity (Wildman–Crippen MR) is 105 cm³/mol. The molecule has 1 unspecified atom stereocenters. The second-order valence-corrected chi connectivity index (χ2v) is 7.62. The Morgan fingerprint density at radius 1 is 1.15 bits per heavy atom. The maximum absolute atomic E-state index is 12.5. The summed E-state index contributed by atoms with van der Waals surface area (Å²) in [6.45, 7) is 8.08. The van der Waals surface area contributed by atoms with Crippen molar-refractivity contribution in [2.24, 2.45) is 0 Å². The highest BCUT2D eigenvalue weighted by Gasteiger charge is 2.34. The number of aryl methyl sites for hydroxylation is 2. The molecule has 1 N–H and O–H groups in total. The van der Waals surface area contributed by atoms with E-state index in [1.165, 1.54) is 5.56 Å². The van der Waals surface area contributed by atoms with Crippen LogP contribution in [0.2, 0.25) is 0 Å². The molecule has 1 atom stereocenters. The molecule has 0 aromatic heterocycles. The zero-order valence-electron chi connectivity index (χ0n) is 16.6. The summed E-state index contributed by atoms with van der Waals surface area (Å²) >= 11 is 0. The Bertz CT molecular complexity index is 844. The molecule has 0 saturated carbocycles. The average Bonchev–Trinajstić information content (AvgIpc) is 2.61. The van der Waals surface area contributed by atoms with Gasteiger partial charge >= 0.3 is 0 Å². The first-order chi connectivity index (χ1) is 12.8. The van der Waals surface area contributed by atoms with Gasteiger partial charge in [-0.3, -0.25) is 4.79 Å². The van der Waals surface area contributed by atoms with Crippen LogP contribution in [0.5, 0.6) is 17.2 Å². The fourth-order valence-corrected chi connectivity index (χ4v) is 3.28. The van der Waals surface area contributed by atoms with Gasteiger partial charge in [0.15, 0.2) is 6.61 Å². The Morgan fingerprint density at radius 3 is 2.59 bits per heavy atom. The van der Waals surface area contributed by atoms with E-state index in [4.69, 9.17) is 14.2 Å². The minimum Gasteiger partial charge on any atom is -0.497 e. The summed E-state index contributed by atoms with van der Waals surface area (Å²) < 4.78 is 17.0. The van der Waals surface area contributed by atoms with Gasteiger partial charge in [-0.15, -0.1) is 0 Å². The molecule has 3 rings (SSSR count). The Kier molecular flexibility index (Phi) is 5.31. The molecule has 144 valence electrons. The van der Waals surface area contributed by atoms with Crippen molar-refractivity contribution >= 4 is 5.91 Å². The number of fused-ring (bicyclic) bond motifs is 1. The van der Waals surface area contributed by atoms with E-state index in [-0.39, 0.29) is 24.2 Å². The largest absolute Gasteiger partial charge is 0.497 e. The van der Waals surface area contributed by atoms with Gasteiger partial charge in [0.2, 0.25) is 0 Å². The van der Waals surface area contributed by atoms with Gasteiger partial charge in [-0.1, -0.05) is 6.07 Å². The lowest BCUT2D eigenvalue weighted by Gasteiger charge is -2.38. The molecule has 2 aromatic carbocycles. The highest BCUT2D eigenvalue weighted by atomic mass is 16.5. The van der Waals surface area contributed by atoms with Crippen molar-refractivity contribution < 1.29 is 19.0 Å². The number of hydrogen-bond donors (Lipinski definition) is 1. The molecule has 1 heterocycles. The van der Waals surface area contributed by atoms with Crippen LogP contribution in [0, 0.1) is 13.8 Å². The lowest BCUT2D eigenvalue weighted by Crippen LogP contribution is -2.42. The Labute approximate surface area is 160 Å². The van der Waals surface area contributed by atoms with Crippen molar-refractivity contribution in [2.45, 2.75) is 45.8 Å². The molecule has 5 heteroatoms. The van der Waals surface area contributed by atoms with Crippen molar-refractivity contribution in [3.63, 3.8) is 0 Å². The monoisotopic (exact) mass is 369 g/mol. The lowest BCUT2D eigenvalue weighted by molar-refractivity contribution is -0.124. The summed E-state index contributed by atoms with van der Waals surface area (Å²) in [5.74, 6) is 2.02. The Balaban J connectivity index is 1.69. The third kappa shape index (κ3) is 4.54. The van der Waals surface area contributed by atoms with Gasteiger partial charge in [0.1, 0.15) is 22.8 Å². The van der Waals surface area contributed by atoms with E-state index < -0.39 is 0 Å². The summed E-state index contributed by atoms with van der Waals surface area (Å²) in [6, 6.07) is 11.4. The maximum Gasteiger partial charge on any atom is 0.258 e. The molecule has 27 heavy (non-hydrogen) atoms. The lowest BCUT2D eigenvalue weighted by atomic mass is 9.89. The number of nitrogens with one attached hydrogen (secondary N) is 1. The minimum atomic E-state index is -0.383. The summed E-state index contributed by atoms with van der Waals surface area (Å²) in [7, 11) is 1.62. The molecule has 0 spiro atoms. The zero-order chi connectivity index (χ0) is 19.6. The Hall–Kier alpha value is -2.69. The molecule has 0 fully saturated rings. The van der Waals surface area contributed by atoms with Gasteiger partial charge in [-0.2, -0.15) is 0 Å². The van der Waals surface area contributed by atoms with Crippen LogP contribution in [0.1, 0.15) is 43.0 Å². The first-order valence-electron chi connectivity index (χ1n) is 9.14. The van der Waals surface area contributed by atoms with Crippen LogP contribution in [0.3, 0.4) is 0 Å². The second kappa shape index (κ2) is 7.51. The second-order valence-electron chi connectivity index (χ2n) is 7.62. The summed E-state index contributed by atoms with van der Waals surface area (Å²) in [4.78, 5) is 12.5. The molecule has 5 nitrogen and oxygen atoms in total. The van der Waals surface area contributed by atoms with Crippen LogP contribution in [0.25, 0.3) is 0 Å². The SMILES string of the molecule is COc1ccc2c(c1)OC(C)(C)CC2NC(=O)COc1ccc(C)c(C)c1. The first kappa shape index (κ1) is 19.1. The van der Waals surface area contributed by atoms with Crippen molar-refractivity contribution in [1.82, 2.24) is 5.32 Å². The van der Waals surface area contributed by atoms with Crippen LogP contribution in [-0.2, 0) is 4.79 Å². The molecule has 0 aliphatic carbocycles. The third-order valence-electron chi connectivity index (χ3n) is 4.86. The van der Waals surface area contributed by atoms with E-state index in [0.29, 0.717) is 12.2 Å². The van der Waals surface area contributed by atoms with Crippen LogP contribution in [-0.4, -0.2) is 25.2 Å². The standard InChI is InChI=1S/C22H27NO4/c1-14-6-7-17(10-15(14)2)26-13-21(24)23-19-12-22(3,4)27-20-11-16(25-5)8-9-18(19)20/h6-11,19H,12-13H2,1-5H3,(H,23,24). The van der Waals surface area contributed by atoms with Crippen molar-refractivity contribution in [1.29, 1.82) is 0 Å². The molecule has 2 aromatic rings. The number of rotatable bonds is 5. The van der Waals surface area contributed by atoms with E-state index >= 15 is 0 Å². The topological polar surface area (TPSA) is 56.8 Å². The number of benzene rings is 2. The van der Waals surface area contributed by atoms with Gasteiger partial charge in [-0.25, -0.2) is 0 Å². The number of carbonyl (C=O) groups is 1. The highest BCUT2D eigenvalue weighted by Crippen LogP contribution is 2.41. The predicted octanol–water partition coefficient (Wildman–Crippen LogP) is 4.11. The smallest absolute Gasteiger partial charge is 0.258 e. The van der Waals surface area contributed by atoms with Gasteiger partial charge in [-0.05, 0) is 63.1 Å². The first-order valence-corrected chi connectivity index (χ1v) is 9.14. The van der Waals surface area contributed by atoms with Crippen molar-refractivity contribution in [2.75, 3.05) is 13.7 Å². The number of carbonyl (C=O) groups excluding carboxylic acids is 1. The average molecular weight is 369 g/mol.